The molecule has 5 heteroatoms. The summed E-state index contributed by atoms with van der Waals surface area (Å²) in [4.78, 5) is 20.7. The van der Waals surface area contributed by atoms with Gasteiger partial charge in [-0.25, -0.2) is 0 Å². The number of nitro benzene ring substituents is 1. The van der Waals surface area contributed by atoms with Crippen LogP contribution in [0.2, 0.25) is 5.02 Å². The van der Waals surface area contributed by atoms with E-state index in [1.54, 1.807) is 12.1 Å². The second-order valence-electron chi connectivity index (χ2n) is 3.16. The molecular weight excluding hydrogens is 230 g/mol. The summed E-state index contributed by atoms with van der Waals surface area (Å²) in [6.45, 7) is 1.84. The van der Waals surface area contributed by atoms with Gasteiger partial charge in [-0.15, -0.1) is 0 Å². The molecule has 0 radical (unpaired) electrons. The van der Waals surface area contributed by atoms with Crippen LogP contribution in [0.3, 0.4) is 0 Å². The Balaban J connectivity index is 3.17. The van der Waals surface area contributed by atoms with Gasteiger partial charge in [-0.3, -0.25) is 14.9 Å². The molecule has 0 aliphatic heterocycles. The van der Waals surface area contributed by atoms with Gasteiger partial charge in [-0.1, -0.05) is 24.6 Å². The Morgan fingerprint density at radius 3 is 2.75 bits per heavy atom. The molecule has 84 valence electrons. The summed E-state index contributed by atoms with van der Waals surface area (Å²) in [7, 11) is 0. The fraction of sp³-hybridized carbons (Fsp3) is 0.182. The molecule has 0 fully saturated rings. The fourth-order valence-electron chi connectivity index (χ4n) is 1.19. The van der Waals surface area contributed by atoms with Crippen LogP contribution in [0.1, 0.15) is 18.9 Å². The summed E-state index contributed by atoms with van der Waals surface area (Å²) in [5.41, 5.74) is 1.02. The van der Waals surface area contributed by atoms with Crippen molar-refractivity contribution in [3.05, 3.63) is 44.5 Å². The van der Waals surface area contributed by atoms with Crippen molar-refractivity contribution >= 4 is 29.7 Å². The number of aldehydes is 1. The molecule has 0 spiro atoms. The number of rotatable bonds is 4. The molecule has 0 saturated carbocycles. The Morgan fingerprint density at radius 1 is 1.56 bits per heavy atom. The predicted molar refractivity (Wildman–Crippen MR) is 62.4 cm³/mol. The summed E-state index contributed by atoms with van der Waals surface area (Å²) >= 11 is 5.66. The molecule has 1 aromatic carbocycles. The molecule has 1 aromatic rings. The zero-order valence-electron chi connectivity index (χ0n) is 8.64. The first kappa shape index (κ1) is 12.4. The first-order valence-electron chi connectivity index (χ1n) is 4.68. The van der Waals surface area contributed by atoms with E-state index in [2.05, 4.69) is 0 Å². The van der Waals surface area contributed by atoms with Gasteiger partial charge < -0.3 is 0 Å². The van der Waals surface area contributed by atoms with Crippen molar-refractivity contribution < 1.29 is 9.72 Å². The van der Waals surface area contributed by atoms with Crippen LogP contribution in [0, 0.1) is 10.1 Å². The zero-order chi connectivity index (χ0) is 12.1. The van der Waals surface area contributed by atoms with E-state index in [-0.39, 0.29) is 10.7 Å². The van der Waals surface area contributed by atoms with E-state index in [0.29, 0.717) is 17.6 Å². The molecule has 0 N–H and O–H groups in total. The third-order valence-electron chi connectivity index (χ3n) is 2.08. The smallest absolute Gasteiger partial charge is 0.288 e. The van der Waals surface area contributed by atoms with E-state index < -0.39 is 4.92 Å². The minimum atomic E-state index is -0.549. The number of benzene rings is 1. The van der Waals surface area contributed by atoms with E-state index in [1.165, 1.54) is 12.1 Å². The van der Waals surface area contributed by atoms with Gasteiger partial charge in [0.15, 0.2) is 0 Å². The predicted octanol–water partition coefficient (Wildman–Crippen LogP) is 3.24. The van der Waals surface area contributed by atoms with Crippen LogP contribution in [0.4, 0.5) is 5.69 Å². The lowest BCUT2D eigenvalue weighted by Crippen LogP contribution is -1.90. The fourth-order valence-corrected chi connectivity index (χ4v) is 1.38. The molecule has 0 saturated heterocycles. The highest BCUT2D eigenvalue weighted by Gasteiger charge is 2.11. The molecule has 0 atom stereocenters. The summed E-state index contributed by atoms with van der Waals surface area (Å²) in [6, 6.07) is 4.43. The van der Waals surface area contributed by atoms with Gasteiger partial charge >= 0.3 is 0 Å². The Bertz CT molecular complexity index is 455. The number of halogens is 1. The number of carbonyl (C=O) groups excluding carboxylic acids is 1. The first-order valence-corrected chi connectivity index (χ1v) is 5.06. The third kappa shape index (κ3) is 2.90. The summed E-state index contributed by atoms with van der Waals surface area (Å²) in [5.74, 6) is 0. The van der Waals surface area contributed by atoms with E-state index in [4.69, 9.17) is 11.6 Å². The molecule has 0 aliphatic rings. The molecule has 16 heavy (non-hydrogen) atoms. The first-order chi connectivity index (χ1) is 7.58. The Morgan fingerprint density at radius 2 is 2.25 bits per heavy atom. The van der Waals surface area contributed by atoms with Crippen LogP contribution < -0.4 is 0 Å². The van der Waals surface area contributed by atoms with Gasteiger partial charge in [0.1, 0.15) is 11.3 Å². The molecular formula is C11H10ClNO3. The topological polar surface area (TPSA) is 60.2 Å². The van der Waals surface area contributed by atoms with Gasteiger partial charge in [0.25, 0.3) is 5.69 Å². The molecule has 0 unspecified atom stereocenters. The Kier molecular flexibility index (Phi) is 4.19. The normalized spacial score (nSPS) is 11.2. The van der Waals surface area contributed by atoms with Gasteiger partial charge in [-0.05, 0) is 29.7 Å². The second-order valence-corrected chi connectivity index (χ2v) is 3.57. The minimum Gasteiger partial charge on any atom is -0.298 e. The zero-order valence-corrected chi connectivity index (χ0v) is 9.40. The van der Waals surface area contributed by atoms with Crippen LogP contribution in [-0.2, 0) is 4.79 Å². The van der Waals surface area contributed by atoms with Gasteiger partial charge in [0.2, 0.25) is 0 Å². The van der Waals surface area contributed by atoms with Crippen molar-refractivity contribution in [2.24, 2.45) is 0 Å². The van der Waals surface area contributed by atoms with Gasteiger partial charge in [0, 0.05) is 6.07 Å². The van der Waals surface area contributed by atoms with Crippen LogP contribution in [0.5, 0.6) is 0 Å². The van der Waals surface area contributed by atoms with Crippen LogP contribution >= 0.6 is 11.6 Å². The third-order valence-corrected chi connectivity index (χ3v) is 2.40. The molecule has 0 aliphatic carbocycles. The molecule has 0 aromatic heterocycles. The average Bonchev–Trinajstić information content (AvgIpc) is 2.27. The number of allylic oxidation sites excluding steroid dienone is 1. The van der Waals surface area contributed by atoms with Gasteiger partial charge in [-0.2, -0.15) is 0 Å². The van der Waals surface area contributed by atoms with Crippen molar-refractivity contribution in [1.29, 1.82) is 0 Å². The molecule has 4 nitrogen and oxygen atoms in total. The number of carbonyl (C=O) groups is 1. The average molecular weight is 240 g/mol. The number of hydrogen-bond donors (Lipinski definition) is 0. The number of hydrogen-bond acceptors (Lipinski definition) is 3. The largest absolute Gasteiger partial charge is 0.298 e. The minimum absolute atomic E-state index is 0.0892. The number of nitro groups is 1. The van der Waals surface area contributed by atoms with Crippen LogP contribution in [-0.4, -0.2) is 11.2 Å². The molecule has 0 heterocycles. The lowest BCUT2D eigenvalue weighted by Gasteiger charge is -1.98. The summed E-state index contributed by atoms with van der Waals surface area (Å²) in [6.07, 6.45) is 2.93. The lowest BCUT2D eigenvalue weighted by molar-refractivity contribution is -0.384. The SMILES string of the molecule is CCC(C=O)=Cc1ccc(Cl)c([N+](=O)[O-])c1. The van der Waals surface area contributed by atoms with E-state index in [1.807, 2.05) is 6.92 Å². The van der Waals surface area contributed by atoms with Crippen molar-refractivity contribution in [3.8, 4) is 0 Å². The summed E-state index contributed by atoms with van der Waals surface area (Å²) < 4.78 is 0. The maximum absolute atomic E-state index is 10.6. The molecule has 1 rings (SSSR count). The van der Waals surface area contributed by atoms with E-state index in [0.717, 1.165) is 6.29 Å². The maximum Gasteiger partial charge on any atom is 0.288 e. The van der Waals surface area contributed by atoms with Crippen LogP contribution in [0.15, 0.2) is 23.8 Å². The van der Waals surface area contributed by atoms with E-state index in [9.17, 15) is 14.9 Å². The highest BCUT2D eigenvalue weighted by Crippen LogP contribution is 2.26. The quantitative estimate of drug-likeness (QED) is 0.351. The lowest BCUT2D eigenvalue weighted by atomic mass is 10.1. The highest BCUT2D eigenvalue weighted by molar-refractivity contribution is 6.32. The molecule has 0 bridgehead atoms. The van der Waals surface area contributed by atoms with Gasteiger partial charge in [0.05, 0.1) is 4.92 Å². The maximum atomic E-state index is 10.6. The standard InChI is InChI=1S/C11H10ClNO3/c1-2-8(7-14)5-9-3-4-10(12)11(6-9)13(15)16/h3-7H,2H2,1H3. The van der Waals surface area contributed by atoms with Crippen molar-refractivity contribution in [3.63, 3.8) is 0 Å². The van der Waals surface area contributed by atoms with Crippen LogP contribution in [0.25, 0.3) is 6.08 Å². The summed E-state index contributed by atoms with van der Waals surface area (Å²) in [5, 5.41) is 10.7. The Hall–Kier alpha value is -1.68. The second kappa shape index (κ2) is 5.42. The van der Waals surface area contributed by atoms with Crippen molar-refractivity contribution in [1.82, 2.24) is 0 Å². The Labute approximate surface area is 97.7 Å². The van der Waals surface area contributed by atoms with Crippen molar-refractivity contribution in [2.75, 3.05) is 0 Å². The van der Waals surface area contributed by atoms with Crippen molar-refractivity contribution in [2.45, 2.75) is 13.3 Å². The number of nitrogens with zero attached hydrogens (tertiary/aromatic N) is 1. The monoisotopic (exact) mass is 239 g/mol. The van der Waals surface area contributed by atoms with E-state index >= 15 is 0 Å². The highest BCUT2D eigenvalue weighted by atomic mass is 35.5. The molecule has 0 amide bonds.